The fourth-order valence-corrected chi connectivity index (χ4v) is 1.42. The van der Waals surface area contributed by atoms with Crippen molar-refractivity contribution in [1.82, 2.24) is 4.90 Å². The second-order valence-electron chi connectivity index (χ2n) is 3.37. The molecule has 0 atom stereocenters. The van der Waals surface area contributed by atoms with E-state index in [-0.39, 0.29) is 11.4 Å². The number of rotatable bonds is 2. The molecule has 0 fully saturated rings. The van der Waals surface area contributed by atoms with E-state index in [2.05, 4.69) is 4.99 Å². The second-order valence-corrected chi connectivity index (χ2v) is 3.37. The average Bonchev–Trinajstić information content (AvgIpc) is 2.20. The van der Waals surface area contributed by atoms with E-state index in [9.17, 15) is 15.2 Å². The van der Waals surface area contributed by atoms with Crippen molar-refractivity contribution >= 4 is 11.5 Å². The maximum absolute atomic E-state index is 10.6. The SMILES string of the molecule is CN=C(c1cccc([N+](=O)[O-])c1O)N(C)C. The van der Waals surface area contributed by atoms with Crippen molar-refractivity contribution in [2.45, 2.75) is 0 Å². The lowest BCUT2D eigenvalue weighted by Gasteiger charge is -2.16. The summed E-state index contributed by atoms with van der Waals surface area (Å²) in [5.74, 6) is 0.128. The Bertz CT molecular complexity index is 441. The molecule has 0 heterocycles. The van der Waals surface area contributed by atoms with Crippen molar-refractivity contribution in [3.05, 3.63) is 33.9 Å². The number of amidine groups is 1. The molecule has 1 aromatic carbocycles. The molecule has 0 unspecified atom stereocenters. The van der Waals surface area contributed by atoms with E-state index in [1.54, 1.807) is 32.1 Å². The maximum Gasteiger partial charge on any atom is 0.311 e. The number of hydrogen-bond donors (Lipinski definition) is 1. The third-order valence-corrected chi connectivity index (χ3v) is 2.09. The van der Waals surface area contributed by atoms with Crippen molar-refractivity contribution in [2.24, 2.45) is 4.99 Å². The van der Waals surface area contributed by atoms with Gasteiger partial charge in [0, 0.05) is 27.2 Å². The lowest BCUT2D eigenvalue weighted by atomic mass is 10.1. The number of phenolic OH excluding ortho intramolecular Hbond substituents is 1. The molecule has 0 aliphatic carbocycles. The first-order valence-electron chi connectivity index (χ1n) is 4.60. The van der Waals surface area contributed by atoms with Gasteiger partial charge in [-0.15, -0.1) is 0 Å². The minimum atomic E-state index is -0.623. The van der Waals surface area contributed by atoms with Gasteiger partial charge in [-0.1, -0.05) is 6.07 Å². The molecule has 1 aromatic rings. The van der Waals surface area contributed by atoms with Crippen LogP contribution >= 0.6 is 0 Å². The third kappa shape index (κ3) is 2.10. The van der Waals surface area contributed by atoms with Gasteiger partial charge < -0.3 is 10.0 Å². The second kappa shape index (κ2) is 4.61. The van der Waals surface area contributed by atoms with Gasteiger partial charge in [0.2, 0.25) is 5.75 Å². The van der Waals surface area contributed by atoms with Gasteiger partial charge in [-0.2, -0.15) is 0 Å². The molecule has 1 rings (SSSR count). The summed E-state index contributed by atoms with van der Waals surface area (Å²) in [5.41, 5.74) is 0.0298. The molecule has 0 spiro atoms. The Morgan fingerprint density at radius 1 is 1.50 bits per heavy atom. The fraction of sp³-hybridized carbons (Fsp3) is 0.300. The highest BCUT2D eigenvalue weighted by Gasteiger charge is 2.20. The molecule has 0 bridgehead atoms. The summed E-state index contributed by atoms with van der Waals surface area (Å²) in [6.07, 6.45) is 0. The number of nitro benzene ring substituents is 1. The van der Waals surface area contributed by atoms with Crippen LogP contribution in [-0.4, -0.2) is 41.9 Å². The molecule has 0 radical (unpaired) electrons. The van der Waals surface area contributed by atoms with Crippen LogP contribution in [0.1, 0.15) is 5.56 Å². The van der Waals surface area contributed by atoms with Crippen LogP contribution in [0.3, 0.4) is 0 Å². The summed E-state index contributed by atoms with van der Waals surface area (Å²) >= 11 is 0. The van der Waals surface area contributed by atoms with Crippen LogP contribution in [0.15, 0.2) is 23.2 Å². The molecule has 86 valence electrons. The van der Waals surface area contributed by atoms with Gasteiger partial charge in [0.05, 0.1) is 10.5 Å². The standard InChI is InChI=1S/C10H13N3O3/c1-11-10(12(2)3)7-5-4-6-8(9(7)14)13(15)16/h4-6,14H,1-3H3. The van der Waals surface area contributed by atoms with Crippen molar-refractivity contribution in [1.29, 1.82) is 0 Å². The van der Waals surface area contributed by atoms with Gasteiger partial charge in [0.1, 0.15) is 5.84 Å². The number of nitrogens with zero attached hydrogens (tertiary/aromatic N) is 3. The summed E-state index contributed by atoms with van der Waals surface area (Å²) in [6.45, 7) is 0. The zero-order chi connectivity index (χ0) is 12.3. The number of phenols is 1. The minimum Gasteiger partial charge on any atom is -0.502 e. The van der Waals surface area contributed by atoms with E-state index in [4.69, 9.17) is 0 Å². The van der Waals surface area contributed by atoms with E-state index in [1.807, 2.05) is 0 Å². The van der Waals surface area contributed by atoms with E-state index < -0.39 is 4.92 Å². The van der Waals surface area contributed by atoms with Gasteiger partial charge >= 0.3 is 5.69 Å². The molecular formula is C10H13N3O3. The largest absolute Gasteiger partial charge is 0.502 e. The summed E-state index contributed by atoms with van der Waals surface area (Å²) in [7, 11) is 5.06. The highest BCUT2D eigenvalue weighted by molar-refractivity contribution is 6.01. The Morgan fingerprint density at radius 3 is 2.56 bits per heavy atom. The molecule has 1 N–H and O–H groups in total. The van der Waals surface area contributed by atoms with Gasteiger partial charge in [-0.3, -0.25) is 15.1 Å². The molecule has 0 saturated carbocycles. The summed E-state index contributed by atoms with van der Waals surface area (Å²) < 4.78 is 0. The van der Waals surface area contributed by atoms with Crippen molar-refractivity contribution in [3.8, 4) is 5.75 Å². The maximum atomic E-state index is 10.6. The Morgan fingerprint density at radius 2 is 2.12 bits per heavy atom. The number of aliphatic imine (C=N–C) groups is 1. The smallest absolute Gasteiger partial charge is 0.311 e. The molecule has 0 aromatic heterocycles. The van der Waals surface area contributed by atoms with E-state index in [0.29, 0.717) is 11.4 Å². The van der Waals surface area contributed by atoms with Crippen LogP contribution in [-0.2, 0) is 0 Å². The Balaban J connectivity index is 3.36. The molecule has 0 saturated heterocycles. The molecule has 0 aliphatic heterocycles. The van der Waals surface area contributed by atoms with E-state index in [0.717, 1.165) is 0 Å². The summed E-state index contributed by atoms with van der Waals surface area (Å²) in [6, 6.07) is 4.36. The molecule has 0 aliphatic rings. The number of nitro groups is 1. The first kappa shape index (κ1) is 12.0. The zero-order valence-corrected chi connectivity index (χ0v) is 9.34. The number of hydrogen-bond acceptors (Lipinski definition) is 4. The lowest BCUT2D eigenvalue weighted by molar-refractivity contribution is -0.385. The van der Waals surface area contributed by atoms with Gasteiger partial charge in [0.25, 0.3) is 0 Å². The van der Waals surface area contributed by atoms with Gasteiger partial charge in [-0.25, -0.2) is 0 Å². The molecule has 6 heteroatoms. The molecule has 16 heavy (non-hydrogen) atoms. The molecule has 0 amide bonds. The number of para-hydroxylation sites is 1. The topological polar surface area (TPSA) is 79.0 Å². The van der Waals surface area contributed by atoms with Crippen LogP contribution in [0.5, 0.6) is 5.75 Å². The van der Waals surface area contributed by atoms with Crippen LogP contribution in [0.25, 0.3) is 0 Å². The van der Waals surface area contributed by atoms with Crippen LogP contribution in [0.4, 0.5) is 5.69 Å². The van der Waals surface area contributed by atoms with Crippen LogP contribution < -0.4 is 0 Å². The van der Waals surface area contributed by atoms with Crippen molar-refractivity contribution in [2.75, 3.05) is 21.1 Å². The minimum absolute atomic E-state index is 0.319. The predicted octanol–water partition coefficient (Wildman–Crippen LogP) is 1.24. The first-order chi connectivity index (χ1) is 7.49. The fourth-order valence-electron chi connectivity index (χ4n) is 1.42. The average molecular weight is 223 g/mol. The first-order valence-corrected chi connectivity index (χ1v) is 4.60. The van der Waals surface area contributed by atoms with Crippen molar-refractivity contribution in [3.63, 3.8) is 0 Å². The highest BCUT2D eigenvalue weighted by atomic mass is 16.6. The number of benzene rings is 1. The van der Waals surface area contributed by atoms with E-state index in [1.165, 1.54) is 12.1 Å². The molecular weight excluding hydrogens is 210 g/mol. The lowest BCUT2D eigenvalue weighted by Crippen LogP contribution is -2.23. The quantitative estimate of drug-likeness (QED) is 0.354. The van der Waals surface area contributed by atoms with Gasteiger partial charge in [0.15, 0.2) is 0 Å². The van der Waals surface area contributed by atoms with Gasteiger partial charge in [-0.05, 0) is 6.07 Å². The third-order valence-electron chi connectivity index (χ3n) is 2.09. The monoisotopic (exact) mass is 223 g/mol. The molecule has 6 nitrogen and oxygen atoms in total. The van der Waals surface area contributed by atoms with Crippen LogP contribution in [0.2, 0.25) is 0 Å². The van der Waals surface area contributed by atoms with E-state index >= 15 is 0 Å². The Labute approximate surface area is 93.0 Å². The Hall–Kier alpha value is -2.11. The number of aromatic hydroxyl groups is 1. The predicted molar refractivity (Wildman–Crippen MR) is 60.9 cm³/mol. The summed E-state index contributed by atoms with van der Waals surface area (Å²) in [5, 5.41) is 20.4. The summed E-state index contributed by atoms with van der Waals surface area (Å²) in [4.78, 5) is 15.7. The zero-order valence-electron chi connectivity index (χ0n) is 9.34. The van der Waals surface area contributed by atoms with Crippen molar-refractivity contribution < 1.29 is 10.0 Å². The highest BCUT2D eigenvalue weighted by Crippen LogP contribution is 2.29. The van der Waals surface area contributed by atoms with Crippen LogP contribution in [0, 0.1) is 10.1 Å². The Kier molecular flexibility index (Phi) is 3.44. The normalized spacial score (nSPS) is 11.3.